The van der Waals surface area contributed by atoms with Gasteiger partial charge in [-0.05, 0) is 31.9 Å². The third-order valence-electron chi connectivity index (χ3n) is 3.94. The number of ether oxygens (including phenoxy) is 1. The van der Waals surface area contributed by atoms with Gasteiger partial charge in [-0.15, -0.1) is 0 Å². The number of imidazole rings is 1. The third-order valence-corrected chi connectivity index (χ3v) is 3.94. The van der Waals surface area contributed by atoms with Crippen molar-refractivity contribution >= 4 is 6.09 Å². The second-order valence-electron chi connectivity index (χ2n) is 7.02. The van der Waals surface area contributed by atoms with Crippen LogP contribution in [0.5, 0.6) is 0 Å². The van der Waals surface area contributed by atoms with Crippen molar-refractivity contribution in [3.8, 4) is 0 Å². The lowest BCUT2D eigenvalue weighted by Crippen LogP contribution is -2.42. The molecule has 122 valence electrons. The Kier molecular flexibility index (Phi) is 4.11. The molecule has 1 aromatic carbocycles. The molecule has 5 nitrogen and oxygen atoms in total. The van der Waals surface area contributed by atoms with E-state index in [4.69, 9.17) is 4.74 Å². The van der Waals surface area contributed by atoms with Gasteiger partial charge in [0.15, 0.2) is 0 Å². The number of aromatic nitrogens is 2. The van der Waals surface area contributed by atoms with E-state index in [1.54, 1.807) is 11.1 Å². The second-order valence-corrected chi connectivity index (χ2v) is 7.02. The maximum absolute atomic E-state index is 12.5. The molecule has 0 saturated heterocycles. The van der Waals surface area contributed by atoms with E-state index in [1.165, 1.54) is 11.1 Å². The highest BCUT2D eigenvalue weighted by molar-refractivity contribution is 5.69. The summed E-state index contributed by atoms with van der Waals surface area (Å²) in [5, 5.41) is 0. The number of hydrogen-bond acceptors (Lipinski definition) is 3. The van der Waals surface area contributed by atoms with Gasteiger partial charge in [-0.2, -0.15) is 0 Å². The second kappa shape index (κ2) is 6.07. The molecule has 0 fully saturated rings. The Hall–Kier alpha value is -2.30. The number of carbonyl (C=O) groups is 1. The van der Waals surface area contributed by atoms with Crippen molar-refractivity contribution in [2.24, 2.45) is 0 Å². The lowest BCUT2D eigenvalue weighted by molar-refractivity contribution is 0.0201. The van der Waals surface area contributed by atoms with E-state index >= 15 is 0 Å². The molecule has 2 heterocycles. The van der Waals surface area contributed by atoms with Crippen LogP contribution in [-0.4, -0.2) is 32.7 Å². The predicted octanol–water partition coefficient (Wildman–Crippen LogP) is 3.42. The first-order valence-electron chi connectivity index (χ1n) is 7.94. The fourth-order valence-corrected chi connectivity index (χ4v) is 2.98. The van der Waals surface area contributed by atoms with E-state index in [0.717, 1.165) is 6.54 Å². The van der Waals surface area contributed by atoms with E-state index in [-0.39, 0.29) is 12.0 Å². The average Bonchev–Trinajstić information content (AvgIpc) is 2.98. The number of rotatable bonds is 2. The molecule has 0 N–H and O–H groups in total. The van der Waals surface area contributed by atoms with Crippen molar-refractivity contribution in [3.63, 3.8) is 0 Å². The molecule has 1 aliphatic heterocycles. The lowest BCUT2D eigenvalue weighted by atomic mass is 9.90. The Morgan fingerprint density at radius 1 is 1.35 bits per heavy atom. The standard InChI is InChI=1S/C18H23N3O2/c1-18(2,3)23-17(22)21-11-14-6-4-5-7-16(14)15(12-21)10-20-9-8-19-13-20/h4-9,13,15H,10-12H2,1-3H3. The Morgan fingerprint density at radius 3 is 2.83 bits per heavy atom. The monoisotopic (exact) mass is 313 g/mol. The fourth-order valence-electron chi connectivity index (χ4n) is 2.98. The van der Waals surface area contributed by atoms with Gasteiger partial charge in [-0.3, -0.25) is 0 Å². The minimum atomic E-state index is -0.478. The van der Waals surface area contributed by atoms with E-state index in [2.05, 4.69) is 27.8 Å². The first kappa shape index (κ1) is 15.6. The highest BCUT2D eigenvalue weighted by Crippen LogP contribution is 2.30. The molecule has 1 amide bonds. The molecular weight excluding hydrogens is 290 g/mol. The van der Waals surface area contributed by atoms with E-state index in [1.807, 2.05) is 39.4 Å². The molecule has 1 aromatic heterocycles. The van der Waals surface area contributed by atoms with Crippen LogP contribution in [0.15, 0.2) is 43.0 Å². The molecule has 3 rings (SSSR count). The predicted molar refractivity (Wildman–Crippen MR) is 88.1 cm³/mol. The number of amides is 1. The highest BCUT2D eigenvalue weighted by atomic mass is 16.6. The van der Waals surface area contributed by atoms with Crippen molar-refractivity contribution in [2.75, 3.05) is 6.54 Å². The summed E-state index contributed by atoms with van der Waals surface area (Å²) in [4.78, 5) is 18.4. The van der Waals surface area contributed by atoms with Gasteiger partial charge in [0, 0.05) is 37.9 Å². The molecule has 2 aromatic rings. The van der Waals surface area contributed by atoms with Crippen LogP contribution in [0.4, 0.5) is 4.79 Å². The number of fused-ring (bicyclic) bond motifs is 1. The number of carbonyl (C=O) groups excluding carboxylic acids is 1. The molecule has 0 spiro atoms. The number of nitrogens with zero attached hydrogens (tertiary/aromatic N) is 3. The molecule has 5 heteroatoms. The van der Waals surface area contributed by atoms with Crippen molar-refractivity contribution in [1.29, 1.82) is 0 Å². The normalized spacial score (nSPS) is 17.7. The smallest absolute Gasteiger partial charge is 0.410 e. The van der Waals surface area contributed by atoms with Gasteiger partial charge in [0.05, 0.1) is 6.33 Å². The van der Waals surface area contributed by atoms with Gasteiger partial charge in [0.2, 0.25) is 0 Å². The van der Waals surface area contributed by atoms with Gasteiger partial charge in [-0.25, -0.2) is 9.78 Å². The topological polar surface area (TPSA) is 47.4 Å². The Balaban J connectivity index is 1.82. The van der Waals surface area contributed by atoms with Crippen LogP contribution in [0.25, 0.3) is 0 Å². The van der Waals surface area contributed by atoms with Gasteiger partial charge in [-0.1, -0.05) is 24.3 Å². The summed E-state index contributed by atoms with van der Waals surface area (Å²) < 4.78 is 7.60. The van der Waals surface area contributed by atoms with Crippen LogP contribution in [0, 0.1) is 0 Å². The van der Waals surface area contributed by atoms with Crippen LogP contribution >= 0.6 is 0 Å². The Labute approximate surface area is 136 Å². The number of benzene rings is 1. The molecule has 0 bridgehead atoms. The maximum Gasteiger partial charge on any atom is 0.410 e. The quantitative estimate of drug-likeness (QED) is 0.853. The van der Waals surface area contributed by atoms with E-state index in [9.17, 15) is 4.79 Å². The minimum Gasteiger partial charge on any atom is -0.444 e. The fraction of sp³-hybridized carbons (Fsp3) is 0.444. The van der Waals surface area contributed by atoms with Gasteiger partial charge < -0.3 is 14.2 Å². The van der Waals surface area contributed by atoms with Crippen molar-refractivity contribution in [1.82, 2.24) is 14.5 Å². The SMILES string of the molecule is CC(C)(C)OC(=O)N1Cc2ccccc2C(Cn2ccnc2)C1. The van der Waals surface area contributed by atoms with Crippen molar-refractivity contribution in [2.45, 2.75) is 45.4 Å². The van der Waals surface area contributed by atoms with Gasteiger partial charge in [0.1, 0.15) is 5.60 Å². The van der Waals surface area contributed by atoms with E-state index < -0.39 is 5.60 Å². The zero-order chi connectivity index (χ0) is 16.4. The summed E-state index contributed by atoms with van der Waals surface area (Å²) >= 11 is 0. The van der Waals surface area contributed by atoms with Crippen LogP contribution in [0.2, 0.25) is 0 Å². The summed E-state index contributed by atoms with van der Waals surface area (Å²) in [6, 6.07) is 8.32. The minimum absolute atomic E-state index is 0.238. The van der Waals surface area contributed by atoms with Crippen LogP contribution in [-0.2, 0) is 17.8 Å². The molecule has 23 heavy (non-hydrogen) atoms. The molecule has 1 aliphatic rings. The lowest BCUT2D eigenvalue weighted by Gasteiger charge is -2.35. The average molecular weight is 313 g/mol. The Morgan fingerprint density at radius 2 is 2.13 bits per heavy atom. The third kappa shape index (κ3) is 3.73. The summed E-state index contributed by atoms with van der Waals surface area (Å²) in [5.74, 6) is 0.238. The van der Waals surface area contributed by atoms with Crippen LogP contribution in [0.1, 0.15) is 37.8 Å². The van der Waals surface area contributed by atoms with Gasteiger partial charge in [0.25, 0.3) is 0 Å². The van der Waals surface area contributed by atoms with Gasteiger partial charge >= 0.3 is 6.09 Å². The largest absolute Gasteiger partial charge is 0.444 e. The van der Waals surface area contributed by atoms with E-state index in [0.29, 0.717) is 13.1 Å². The Bertz CT molecular complexity index is 674. The summed E-state index contributed by atoms with van der Waals surface area (Å²) in [7, 11) is 0. The molecule has 0 saturated carbocycles. The maximum atomic E-state index is 12.5. The molecular formula is C18H23N3O2. The zero-order valence-corrected chi connectivity index (χ0v) is 13.9. The van der Waals surface area contributed by atoms with Crippen LogP contribution < -0.4 is 0 Å². The molecule has 1 unspecified atom stereocenters. The summed E-state index contributed by atoms with van der Waals surface area (Å²) in [5.41, 5.74) is 2.02. The molecule has 0 aliphatic carbocycles. The van der Waals surface area contributed by atoms with Crippen LogP contribution in [0.3, 0.4) is 0 Å². The van der Waals surface area contributed by atoms with Crippen molar-refractivity contribution < 1.29 is 9.53 Å². The summed E-state index contributed by atoms with van der Waals surface area (Å²) in [6.45, 7) is 7.75. The first-order chi connectivity index (χ1) is 10.9. The zero-order valence-electron chi connectivity index (χ0n) is 13.9. The highest BCUT2D eigenvalue weighted by Gasteiger charge is 2.30. The molecule has 0 radical (unpaired) electrons. The number of hydrogen-bond donors (Lipinski definition) is 0. The summed E-state index contributed by atoms with van der Waals surface area (Å²) in [6.07, 6.45) is 5.30. The van der Waals surface area contributed by atoms with Crippen molar-refractivity contribution in [3.05, 3.63) is 54.1 Å². The molecule has 1 atom stereocenters. The first-order valence-corrected chi connectivity index (χ1v) is 7.94.